The molecule has 0 amide bonds. The van der Waals surface area contributed by atoms with Gasteiger partial charge in [-0.05, 0) is 34.5 Å². The van der Waals surface area contributed by atoms with Crippen LogP contribution in [-0.4, -0.2) is 25.4 Å². The van der Waals surface area contributed by atoms with Crippen molar-refractivity contribution < 1.29 is 0 Å². The van der Waals surface area contributed by atoms with Crippen molar-refractivity contribution in [3.05, 3.63) is 23.9 Å². The van der Waals surface area contributed by atoms with Gasteiger partial charge in [0.1, 0.15) is 0 Å². The smallest absolute Gasteiger partial charge is 0.179 e. The predicted octanol–water partition coefficient (Wildman–Crippen LogP) is 1.06. The van der Waals surface area contributed by atoms with Gasteiger partial charge in [0.15, 0.2) is 5.65 Å². The Morgan fingerprint density at radius 3 is 3.25 bits per heavy atom. The lowest BCUT2D eigenvalue weighted by molar-refractivity contribution is 0.822. The molecule has 62 valence electrons. The standard InChI is InChI=1S/C7H7BrN4/c8-3-1-6-2-4-12-7(5-6)9-10-11-12/h2,4-5H,1,3H2. The number of fused-ring (bicyclic) bond motifs is 1. The van der Waals surface area contributed by atoms with Crippen molar-refractivity contribution in [2.45, 2.75) is 6.42 Å². The quantitative estimate of drug-likeness (QED) is 0.720. The molecule has 2 aromatic rings. The molecule has 0 spiro atoms. The molecule has 0 aliphatic carbocycles. The van der Waals surface area contributed by atoms with Crippen LogP contribution in [0.3, 0.4) is 0 Å². The van der Waals surface area contributed by atoms with Crippen LogP contribution in [0.25, 0.3) is 5.65 Å². The maximum atomic E-state index is 3.85. The fraction of sp³-hybridized carbons (Fsp3) is 0.286. The molecule has 0 N–H and O–H groups in total. The Bertz CT molecular complexity index is 384. The van der Waals surface area contributed by atoms with Gasteiger partial charge < -0.3 is 0 Å². The number of tetrazole rings is 1. The van der Waals surface area contributed by atoms with Crippen LogP contribution in [0.4, 0.5) is 0 Å². The molecule has 5 heteroatoms. The van der Waals surface area contributed by atoms with Gasteiger partial charge in [0.05, 0.1) is 0 Å². The summed E-state index contributed by atoms with van der Waals surface area (Å²) in [5.41, 5.74) is 2.04. The zero-order chi connectivity index (χ0) is 8.39. The van der Waals surface area contributed by atoms with E-state index < -0.39 is 0 Å². The SMILES string of the molecule is BrCCc1ccn2nnnc2c1. The van der Waals surface area contributed by atoms with Crippen molar-refractivity contribution in [1.82, 2.24) is 20.0 Å². The summed E-state index contributed by atoms with van der Waals surface area (Å²) in [6, 6.07) is 4.01. The van der Waals surface area contributed by atoms with E-state index in [0.29, 0.717) is 0 Å². The lowest BCUT2D eigenvalue weighted by atomic mass is 10.2. The summed E-state index contributed by atoms with van der Waals surface area (Å²) in [4.78, 5) is 0. The minimum Gasteiger partial charge on any atom is -0.201 e. The monoisotopic (exact) mass is 226 g/mol. The highest BCUT2D eigenvalue weighted by Crippen LogP contribution is 2.04. The van der Waals surface area contributed by atoms with E-state index in [-0.39, 0.29) is 0 Å². The summed E-state index contributed by atoms with van der Waals surface area (Å²) >= 11 is 3.38. The first-order chi connectivity index (χ1) is 5.90. The molecule has 2 heterocycles. The van der Waals surface area contributed by atoms with Crippen molar-refractivity contribution in [3.63, 3.8) is 0 Å². The Morgan fingerprint density at radius 1 is 1.50 bits per heavy atom. The highest BCUT2D eigenvalue weighted by atomic mass is 79.9. The van der Waals surface area contributed by atoms with Gasteiger partial charge in [-0.2, -0.15) is 0 Å². The van der Waals surface area contributed by atoms with Gasteiger partial charge in [-0.15, -0.1) is 5.10 Å². The molecule has 0 aliphatic heterocycles. The number of hydrogen-bond acceptors (Lipinski definition) is 3. The van der Waals surface area contributed by atoms with Crippen LogP contribution < -0.4 is 0 Å². The predicted molar refractivity (Wildman–Crippen MR) is 48.3 cm³/mol. The van der Waals surface area contributed by atoms with Gasteiger partial charge in [0.2, 0.25) is 0 Å². The zero-order valence-electron chi connectivity index (χ0n) is 6.31. The Kier molecular flexibility index (Phi) is 2.03. The van der Waals surface area contributed by atoms with E-state index in [1.165, 1.54) is 5.56 Å². The van der Waals surface area contributed by atoms with E-state index in [1.807, 2.05) is 18.3 Å². The number of pyridine rings is 1. The molecule has 0 saturated heterocycles. The van der Waals surface area contributed by atoms with E-state index in [9.17, 15) is 0 Å². The van der Waals surface area contributed by atoms with Crippen LogP contribution in [0.5, 0.6) is 0 Å². The van der Waals surface area contributed by atoms with E-state index in [1.54, 1.807) is 4.52 Å². The Balaban J connectivity index is 2.46. The van der Waals surface area contributed by atoms with E-state index in [2.05, 4.69) is 31.5 Å². The molecule has 0 saturated carbocycles. The fourth-order valence-electron chi connectivity index (χ4n) is 1.05. The van der Waals surface area contributed by atoms with Crippen LogP contribution in [0.2, 0.25) is 0 Å². The first-order valence-electron chi connectivity index (χ1n) is 3.63. The molecule has 0 radical (unpaired) electrons. The largest absolute Gasteiger partial charge is 0.201 e. The first-order valence-corrected chi connectivity index (χ1v) is 4.75. The fourth-order valence-corrected chi connectivity index (χ4v) is 1.50. The summed E-state index contributed by atoms with van der Waals surface area (Å²) in [6.45, 7) is 0. The van der Waals surface area contributed by atoms with Gasteiger partial charge in [0, 0.05) is 11.5 Å². The third kappa shape index (κ3) is 1.32. The normalized spacial score (nSPS) is 10.8. The molecule has 2 aromatic heterocycles. The van der Waals surface area contributed by atoms with Gasteiger partial charge >= 0.3 is 0 Å². The molecule has 2 rings (SSSR count). The Hall–Kier alpha value is -0.970. The third-order valence-electron chi connectivity index (χ3n) is 1.65. The number of hydrogen-bond donors (Lipinski definition) is 0. The number of aryl methyl sites for hydroxylation is 1. The summed E-state index contributed by atoms with van der Waals surface area (Å²) < 4.78 is 1.65. The summed E-state index contributed by atoms with van der Waals surface area (Å²) in [7, 11) is 0. The average Bonchev–Trinajstić information content (AvgIpc) is 2.51. The second-order valence-electron chi connectivity index (χ2n) is 2.46. The zero-order valence-corrected chi connectivity index (χ0v) is 7.90. The van der Waals surface area contributed by atoms with Crippen LogP contribution in [-0.2, 0) is 6.42 Å². The van der Waals surface area contributed by atoms with E-state index in [0.717, 1.165) is 17.4 Å². The maximum absolute atomic E-state index is 3.85. The van der Waals surface area contributed by atoms with Crippen molar-refractivity contribution in [1.29, 1.82) is 0 Å². The van der Waals surface area contributed by atoms with Crippen LogP contribution in [0, 0.1) is 0 Å². The second-order valence-corrected chi connectivity index (χ2v) is 3.25. The molecular formula is C7H7BrN4. The number of alkyl halides is 1. The molecule has 12 heavy (non-hydrogen) atoms. The van der Waals surface area contributed by atoms with Gasteiger partial charge in [-0.3, -0.25) is 0 Å². The van der Waals surface area contributed by atoms with E-state index >= 15 is 0 Å². The molecule has 0 aliphatic rings. The van der Waals surface area contributed by atoms with Crippen molar-refractivity contribution in [2.24, 2.45) is 0 Å². The number of aromatic nitrogens is 4. The van der Waals surface area contributed by atoms with E-state index in [4.69, 9.17) is 0 Å². The lowest BCUT2D eigenvalue weighted by Gasteiger charge is -1.95. The average molecular weight is 227 g/mol. The molecule has 0 bridgehead atoms. The number of nitrogens with zero attached hydrogens (tertiary/aromatic N) is 4. The molecule has 0 fully saturated rings. The van der Waals surface area contributed by atoms with Crippen molar-refractivity contribution in [3.8, 4) is 0 Å². The molecule has 0 unspecified atom stereocenters. The second kappa shape index (κ2) is 3.18. The summed E-state index contributed by atoms with van der Waals surface area (Å²) in [6.07, 6.45) is 2.87. The van der Waals surface area contributed by atoms with Gasteiger partial charge in [-0.1, -0.05) is 15.9 Å². The first kappa shape index (κ1) is 7.67. The molecule has 0 atom stereocenters. The molecular weight excluding hydrogens is 220 g/mol. The van der Waals surface area contributed by atoms with Crippen molar-refractivity contribution >= 4 is 21.6 Å². The van der Waals surface area contributed by atoms with Crippen molar-refractivity contribution in [2.75, 3.05) is 5.33 Å². The third-order valence-corrected chi connectivity index (χ3v) is 2.04. The minimum atomic E-state index is 0.799. The summed E-state index contributed by atoms with van der Waals surface area (Å²) in [5, 5.41) is 12.1. The molecule has 0 aromatic carbocycles. The number of rotatable bonds is 2. The molecule has 4 nitrogen and oxygen atoms in total. The summed E-state index contributed by atoms with van der Waals surface area (Å²) in [5.74, 6) is 0. The number of halogens is 1. The van der Waals surface area contributed by atoms with Gasteiger partial charge in [0.25, 0.3) is 0 Å². The minimum absolute atomic E-state index is 0.799. The highest BCUT2D eigenvalue weighted by molar-refractivity contribution is 9.09. The Morgan fingerprint density at radius 2 is 2.42 bits per heavy atom. The van der Waals surface area contributed by atoms with Gasteiger partial charge in [-0.25, -0.2) is 4.52 Å². The lowest BCUT2D eigenvalue weighted by Crippen LogP contribution is -1.91. The topological polar surface area (TPSA) is 43.1 Å². The maximum Gasteiger partial charge on any atom is 0.179 e. The van der Waals surface area contributed by atoms with Crippen LogP contribution in [0.1, 0.15) is 5.56 Å². The Labute approximate surface area is 77.7 Å². The highest BCUT2D eigenvalue weighted by Gasteiger charge is 1.97. The van der Waals surface area contributed by atoms with Crippen LogP contribution in [0.15, 0.2) is 18.3 Å². The van der Waals surface area contributed by atoms with Crippen LogP contribution >= 0.6 is 15.9 Å².